The molecule has 6 atom stereocenters. The largest absolute Gasteiger partial charge is 0.490 e. The molecule has 0 aromatic heterocycles. The van der Waals surface area contributed by atoms with E-state index in [0.717, 1.165) is 30.0 Å². The van der Waals surface area contributed by atoms with Crippen LogP contribution in [0, 0.1) is 22.7 Å². The molecule has 0 amide bonds. The van der Waals surface area contributed by atoms with Crippen molar-refractivity contribution >= 4 is 10.8 Å². The summed E-state index contributed by atoms with van der Waals surface area (Å²) in [6, 6.07) is 15.0. The molecule has 174 valence electrons. The first-order chi connectivity index (χ1) is 15.3. The van der Waals surface area contributed by atoms with E-state index in [2.05, 4.69) is 76.3 Å². The Morgan fingerprint density at radius 1 is 1.09 bits per heavy atom. The molecule has 1 aliphatic heterocycles. The minimum Gasteiger partial charge on any atom is -0.490 e. The van der Waals surface area contributed by atoms with Crippen molar-refractivity contribution in [2.45, 2.75) is 78.4 Å². The van der Waals surface area contributed by atoms with Crippen LogP contribution in [0.2, 0.25) is 0 Å². The van der Waals surface area contributed by atoms with Crippen molar-refractivity contribution in [3.05, 3.63) is 42.5 Å². The molecule has 3 fully saturated rings. The van der Waals surface area contributed by atoms with Gasteiger partial charge < -0.3 is 19.5 Å². The van der Waals surface area contributed by atoms with Gasteiger partial charge in [0.25, 0.3) is 0 Å². The van der Waals surface area contributed by atoms with E-state index in [-0.39, 0.29) is 17.8 Å². The molecule has 2 aromatic rings. The second kappa shape index (κ2) is 8.30. The number of hydrogen-bond acceptors (Lipinski definition) is 4. The number of nitrogens with one attached hydrogen (secondary N) is 1. The molecule has 1 saturated heterocycles. The highest BCUT2D eigenvalue weighted by Crippen LogP contribution is 2.71. The standard InChI is InChI=1S/C28H39NO3/c1-18(2)29-16-20(17-30-24-12-8-10-19-9-6-7-11-21(19)24)31-25-15-22-23-13-14-28(5,26(22)32-25)27(23,3)4/h6-12,18,20,22-23,25-26,29H,13-17H2,1-5H3/t20-,22-,23+,25-,26-,28-/m0/s1. The highest BCUT2D eigenvalue weighted by atomic mass is 16.7. The summed E-state index contributed by atoms with van der Waals surface area (Å²) in [4.78, 5) is 0. The topological polar surface area (TPSA) is 39.7 Å². The molecular weight excluding hydrogens is 398 g/mol. The lowest BCUT2D eigenvalue weighted by atomic mass is 9.70. The Bertz CT molecular complexity index is 951. The van der Waals surface area contributed by atoms with Crippen LogP contribution in [0.4, 0.5) is 0 Å². The van der Waals surface area contributed by atoms with Crippen molar-refractivity contribution in [2.75, 3.05) is 13.2 Å². The van der Waals surface area contributed by atoms with Gasteiger partial charge in [-0.1, -0.05) is 71.0 Å². The Kier molecular flexibility index (Phi) is 5.76. The Balaban J connectivity index is 1.26. The molecule has 2 saturated carbocycles. The molecule has 2 bridgehead atoms. The van der Waals surface area contributed by atoms with E-state index in [1.165, 1.54) is 18.2 Å². The summed E-state index contributed by atoms with van der Waals surface area (Å²) in [5.74, 6) is 2.30. The maximum Gasteiger partial charge on any atom is 0.158 e. The number of benzene rings is 2. The molecule has 4 nitrogen and oxygen atoms in total. The number of ether oxygens (including phenoxy) is 3. The van der Waals surface area contributed by atoms with E-state index >= 15 is 0 Å². The van der Waals surface area contributed by atoms with Crippen LogP contribution in [0.25, 0.3) is 10.8 Å². The minimum atomic E-state index is -0.129. The summed E-state index contributed by atoms with van der Waals surface area (Å²) >= 11 is 0. The highest BCUT2D eigenvalue weighted by molar-refractivity contribution is 5.88. The zero-order valence-corrected chi connectivity index (χ0v) is 20.3. The SMILES string of the molecule is CC(C)NC[C@@H](COc1cccc2ccccc12)O[C@@H]1C[C@H]2[C@H]3CC[C@@](C)([C@H]2O1)C3(C)C. The van der Waals surface area contributed by atoms with Crippen LogP contribution in [0.5, 0.6) is 5.75 Å². The van der Waals surface area contributed by atoms with Gasteiger partial charge >= 0.3 is 0 Å². The molecule has 1 heterocycles. The molecular formula is C28H39NO3. The first kappa shape index (κ1) is 22.2. The van der Waals surface area contributed by atoms with Gasteiger partial charge in [-0.2, -0.15) is 0 Å². The number of fused-ring (bicyclic) bond motifs is 6. The molecule has 2 aromatic carbocycles. The summed E-state index contributed by atoms with van der Waals surface area (Å²) in [7, 11) is 0. The third-order valence-corrected chi connectivity index (χ3v) is 8.94. The van der Waals surface area contributed by atoms with Gasteiger partial charge in [-0.05, 0) is 47.0 Å². The Morgan fingerprint density at radius 2 is 1.88 bits per heavy atom. The van der Waals surface area contributed by atoms with E-state index in [1.807, 2.05) is 6.07 Å². The average molecular weight is 438 g/mol. The van der Waals surface area contributed by atoms with Crippen LogP contribution in [0.15, 0.2) is 42.5 Å². The van der Waals surface area contributed by atoms with E-state index in [4.69, 9.17) is 14.2 Å². The predicted molar refractivity (Wildman–Crippen MR) is 129 cm³/mol. The molecule has 2 aliphatic carbocycles. The first-order valence-electron chi connectivity index (χ1n) is 12.4. The van der Waals surface area contributed by atoms with Gasteiger partial charge in [0, 0.05) is 24.4 Å². The van der Waals surface area contributed by atoms with Crippen LogP contribution < -0.4 is 10.1 Å². The van der Waals surface area contributed by atoms with E-state index in [0.29, 0.717) is 30.1 Å². The zero-order chi connectivity index (χ0) is 22.5. The van der Waals surface area contributed by atoms with Crippen LogP contribution in [0.1, 0.15) is 53.9 Å². The van der Waals surface area contributed by atoms with Gasteiger partial charge in [0.05, 0.1) is 6.10 Å². The van der Waals surface area contributed by atoms with Crippen molar-refractivity contribution in [1.82, 2.24) is 5.32 Å². The van der Waals surface area contributed by atoms with Gasteiger partial charge in [0.15, 0.2) is 6.29 Å². The van der Waals surface area contributed by atoms with E-state index in [9.17, 15) is 0 Å². The summed E-state index contributed by atoms with van der Waals surface area (Å²) in [5.41, 5.74) is 0.634. The lowest BCUT2D eigenvalue weighted by molar-refractivity contribution is -0.189. The third kappa shape index (κ3) is 3.65. The Morgan fingerprint density at radius 3 is 2.66 bits per heavy atom. The third-order valence-electron chi connectivity index (χ3n) is 8.94. The molecule has 4 heteroatoms. The number of hydrogen-bond donors (Lipinski definition) is 1. The minimum absolute atomic E-state index is 0.0568. The summed E-state index contributed by atoms with van der Waals surface area (Å²) in [6.07, 6.45) is 3.78. The highest BCUT2D eigenvalue weighted by Gasteiger charge is 2.69. The van der Waals surface area contributed by atoms with Crippen molar-refractivity contribution in [3.63, 3.8) is 0 Å². The van der Waals surface area contributed by atoms with Crippen molar-refractivity contribution in [1.29, 1.82) is 0 Å². The normalized spacial score (nSPS) is 33.7. The summed E-state index contributed by atoms with van der Waals surface area (Å²) < 4.78 is 19.5. The monoisotopic (exact) mass is 437 g/mol. The van der Waals surface area contributed by atoms with Gasteiger partial charge in [0.1, 0.15) is 18.5 Å². The fraction of sp³-hybridized carbons (Fsp3) is 0.643. The van der Waals surface area contributed by atoms with Crippen molar-refractivity contribution in [2.24, 2.45) is 22.7 Å². The molecule has 3 aliphatic rings. The fourth-order valence-electron chi connectivity index (χ4n) is 6.80. The first-order valence-corrected chi connectivity index (χ1v) is 12.4. The predicted octanol–water partition coefficient (Wildman–Crippen LogP) is 5.79. The van der Waals surface area contributed by atoms with Crippen LogP contribution in [0.3, 0.4) is 0 Å². The van der Waals surface area contributed by atoms with Crippen LogP contribution in [-0.4, -0.2) is 37.7 Å². The lowest BCUT2D eigenvalue weighted by Crippen LogP contribution is -2.41. The average Bonchev–Trinajstić information content (AvgIpc) is 3.33. The Labute approximate surface area is 193 Å². The van der Waals surface area contributed by atoms with Gasteiger partial charge in [-0.25, -0.2) is 0 Å². The number of rotatable bonds is 8. The fourth-order valence-corrected chi connectivity index (χ4v) is 6.80. The quantitative estimate of drug-likeness (QED) is 0.567. The second-order valence-corrected chi connectivity index (χ2v) is 11.3. The second-order valence-electron chi connectivity index (χ2n) is 11.3. The smallest absolute Gasteiger partial charge is 0.158 e. The maximum atomic E-state index is 6.61. The molecule has 0 unspecified atom stereocenters. The summed E-state index contributed by atoms with van der Waals surface area (Å²) in [5, 5.41) is 5.87. The van der Waals surface area contributed by atoms with Gasteiger partial charge in [-0.15, -0.1) is 0 Å². The molecule has 1 N–H and O–H groups in total. The van der Waals surface area contributed by atoms with Crippen LogP contribution in [-0.2, 0) is 9.47 Å². The molecule has 5 rings (SSSR count). The molecule has 32 heavy (non-hydrogen) atoms. The van der Waals surface area contributed by atoms with E-state index in [1.54, 1.807) is 0 Å². The molecule has 0 radical (unpaired) electrons. The lowest BCUT2D eigenvalue weighted by Gasteiger charge is -2.39. The van der Waals surface area contributed by atoms with Crippen molar-refractivity contribution < 1.29 is 14.2 Å². The Hall–Kier alpha value is -1.62. The maximum absolute atomic E-state index is 6.61. The van der Waals surface area contributed by atoms with Crippen LogP contribution >= 0.6 is 0 Å². The van der Waals surface area contributed by atoms with Gasteiger partial charge in [-0.3, -0.25) is 0 Å². The zero-order valence-electron chi connectivity index (χ0n) is 20.3. The van der Waals surface area contributed by atoms with Gasteiger partial charge in [0.2, 0.25) is 0 Å². The van der Waals surface area contributed by atoms with E-state index < -0.39 is 0 Å². The molecule has 0 spiro atoms. The van der Waals surface area contributed by atoms with Crippen molar-refractivity contribution in [3.8, 4) is 5.75 Å². The summed E-state index contributed by atoms with van der Waals surface area (Å²) in [6.45, 7) is 12.9.